The summed E-state index contributed by atoms with van der Waals surface area (Å²) < 4.78 is 1.85. The van der Waals surface area contributed by atoms with E-state index in [1.54, 1.807) is 12.4 Å². The summed E-state index contributed by atoms with van der Waals surface area (Å²) in [7, 11) is 0. The van der Waals surface area contributed by atoms with Gasteiger partial charge in [-0.1, -0.05) is 0 Å². The topological polar surface area (TPSA) is 63.4 Å². The van der Waals surface area contributed by atoms with Crippen LogP contribution < -0.4 is 0 Å². The van der Waals surface area contributed by atoms with Gasteiger partial charge in [0.15, 0.2) is 11.5 Å². The lowest BCUT2D eigenvalue weighted by Crippen LogP contribution is -2.40. The molecular formula is C20H21N5O. The molecule has 0 unspecified atom stereocenters. The van der Waals surface area contributed by atoms with Crippen LogP contribution in [0.15, 0.2) is 42.9 Å². The van der Waals surface area contributed by atoms with E-state index in [2.05, 4.69) is 11.1 Å². The fraction of sp³-hybridized carbons (Fsp3) is 0.400. The van der Waals surface area contributed by atoms with Crippen molar-refractivity contribution in [3.8, 4) is 11.1 Å². The maximum absolute atomic E-state index is 12.4. The lowest BCUT2D eigenvalue weighted by Gasteiger charge is -2.31. The molecule has 0 radical (unpaired) electrons. The number of fused-ring (bicyclic) bond motifs is 1. The summed E-state index contributed by atoms with van der Waals surface area (Å²) in [6.45, 7) is 1.63. The molecule has 0 aromatic carbocycles. The highest BCUT2D eigenvalue weighted by molar-refractivity contribution is 5.81. The summed E-state index contributed by atoms with van der Waals surface area (Å²) in [5, 5.41) is 4.73. The Labute approximate surface area is 151 Å². The SMILES string of the molecule is O=C(C1CC1)N1CCC[C@H](c2nc3ccc(-c4ccncc4)cn3n2)C1. The molecule has 26 heavy (non-hydrogen) atoms. The lowest BCUT2D eigenvalue weighted by atomic mass is 9.97. The van der Waals surface area contributed by atoms with Crippen LogP contribution in [-0.4, -0.2) is 43.5 Å². The van der Waals surface area contributed by atoms with Gasteiger partial charge < -0.3 is 4.90 Å². The Morgan fingerprint density at radius 1 is 1.04 bits per heavy atom. The molecule has 1 amide bonds. The zero-order valence-corrected chi connectivity index (χ0v) is 14.6. The quantitative estimate of drug-likeness (QED) is 0.731. The summed E-state index contributed by atoms with van der Waals surface area (Å²) in [6, 6.07) is 8.04. The fourth-order valence-electron chi connectivity index (χ4n) is 3.76. The number of amides is 1. The molecule has 6 heteroatoms. The van der Waals surface area contributed by atoms with Gasteiger partial charge >= 0.3 is 0 Å². The van der Waals surface area contributed by atoms with Gasteiger partial charge in [0.1, 0.15) is 0 Å². The highest BCUT2D eigenvalue weighted by atomic mass is 16.2. The molecule has 5 rings (SSSR count). The average Bonchev–Trinajstić information content (AvgIpc) is 3.46. The first-order valence-electron chi connectivity index (χ1n) is 9.33. The molecule has 4 heterocycles. The Kier molecular flexibility index (Phi) is 3.69. The van der Waals surface area contributed by atoms with Crippen LogP contribution in [-0.2, 0) is 4.79 Å². The van der Waals surface area contributed by atoms with Crippen molar-refractivity contribution in [3.05, 3.63) is 48.7 Å². The fourth-order valence-corrected chi connectivity index (χ4v) is 3.76. The van der Waals surface area contributed by atoms with E-state index >= 15 is 0 Å². The molecule has 3 aromatic rings. The van der Waals surface area contributed by atoms with E-state index in [0.29, 0.717) is 5.91 Å². The van der Waals surface area contributed by atoms with Crippen molar-refractivity contribution in [2.75, 3.05) is 13.1 Å². The van der Waals surface area contributed by atoms with Gasteiger partial charge in [-0.2, -0.15) is 5.10 Å². The van der Waals surface area contributed by atoms with Crippen LogP contribution in [0.1, 0.15) is 37.4 Å². The van der Waals surface area contributed by atoms with Gasteiger partial charge in [-0.3, -0.25) is 9.78 Å². The maximum atomic E-state index is 12.4. The molecule has 3 aromatic heterocycles. The molecule has 2 fully saturated rings. The first-order valence-corrected chi connectivity index (χ1v) is 9.33. The second-order valence-corrected chi connectivity index (χ2v) is 7.32. The van der Waals surface area contributed by atoms with Gasteiger partial charge in [0.25, 0.3) is 0 Å². The van der Waals surface area contributed by atoms with Crippen LogP contribution in [0.5, 0.6) is 0 Å². The van der Waals surface area contributed by atoms with Crippen molar-refractivity contribution in [3.63, 3.8) is 0 Å². The summed E-state index contributed by atoms with van der Waals surface area (Å²) in [6.07, 6.45) is 9.79. The van der Waals surface area contributed by atoms with Crippen LogP contribution in [0.4, 0.5) is 0 Å². The zero-order valence-electron chi connectivity index (χ0n) is 14.6. The van der Waals surface area contributed by atoms with Gasteiger partial charge in [-0.25, -0.2) is 9.50 Å². The van der Waals surface area contributed by atoms with Crippen molar-refractivity contribution in [2.24, 2.45) is 5.92 Å². The predicted octanol–water partition coefficient (Wildman–Crippen LogP) is 2.91. The van der Waals surface area contributed by atoms with Gasteiger partial charge in [0, 0.05) is 49.1 Å². The summed E-state index contributed by atoms with van der Waals surface area (Å²) >= 11 is 0. The Morgan fingerprint density at radius 3 is 2.69 bits per heavy atom. The number of hydrogen-bond donors (Lipinski definition) is 0. The Hall–Kier alpha value is -2.76. The number of aromatic nitrogens is 4. The van der Waals surface area contributed by atoms with E-state index in [1.165, 1.54) is 0 Å². The molecule has 1 atom stereocenters. The highest BCUT2D eigenvalue weighted by Gasteiger charge is 2.36. The number of hydrogen-bond acceptors (Lipinski definition) is 4. The molecule has 2 aliphatic rings. The minimum absolute atomic E-state index is 0.232. The zero-order chi connectivity index (χ0) is 17.5. The van der Waals surface area contributed by atoms with E-state index in [0.717, 1.165) is 61.4 Å². The third kappa shape index (κ3) is 2.85. The van der Waals surface area contributed by atoms with Crippen molar-refractivity contribution in [2.45, 2.75) is 31.6 Å². The van der Waals surface area contributed by atoms with E-state index in [1.807, 2.05) is 33.8 Å². The molecular weight excluding hydrogens is 326 g/mol. The third-order valence-electron chi connectivity index (χ3n) is 5.39. The molecule has 0 N–H and O–H groups in total. The largest absolute Gasteiger partial charge is 0.342 e. The molecule has 1 saturated carbocycles. The van der Waals surface area contributed by atoms with Gasteiger partial charge in [0.05, 0.1) is 0 Å². The number of rotatable bonds is 3. The van der Waals surface area contributed by atoms with Crippen LogP contribution in [0, 0.1) is 5.92 Å². The summed E-state index contributed by atoms with van der Waals surface area (Å²) in [5.41, 5.74) is 3.05. The first kappa shape index (κ1) is 15.5. The maximum Gasteiger partial charge on any atom is 0.225 e. The summed E-state index contributed by atoms with van der Waals surface area (Å²) in [5.74, 6) is 1.70. The van der Waals surface area contributed by atoms with Crippen molar-refractivity contribution in [1.29, 1.82) is 0 Å². The van der Waals surface area contributed by atoms with Crippen LogP contribution in [0.2, 0.25) is 0 Å². The molecule has 1 saturated heterocycles. The van der Waals surface area contributed by atoms with Gasteiger partial charge in [0.2, 0.25) is 5.91 Å². The number of piperidine rings is 1. The highest BCUT2D eigenvalue weighted by Crippen LogP contribution is 2.34. The smallest absolute Gasteiger partial charge is 0.225 e. The van der Waals surface area contributed by atoms with Crippen molar-refractivity contribution in [1.82, 2.24) is 24.5 Å². The number of carbonyl (C=O) groups is 1. The van der Waals surface area contributed by atoms with E-state index in [-0.39, 0.29) is 11.8 Å². The number of likely N-dealkylation sites (tertiary alicyclic amines) is 1. The van der Waals surface area contributed by atoms with Gasteiger partial charge in [-0.05, 0) is 55.5 Å². The van der Waals surface area contributed by atoms with E-state index < -0.39 is 0 Å². The predicted molar refractivity (Wildman–Crippen MR) is 97.5 cm³/mol. The average molecular weight is 347 g/mol. The lowest BCUT2D eigenvalue weighted by molar-refractivity contribution is -0.133. The standard InChI is InChI=1S/C20H21N5O/c26-20(15-3-4-15)24-11-1-2-17(12-24)19-22-18-6-5-16(13-25(18)23-19)14-7-9-21-10-8-14/h5-10,13,15,17H,1-4,11-12H2/t17-/m0/s1. The molecule has 6 nitrogen and oxygen atoms in total. The second kappa shape index (κ2) is 6.20. The van der Waals surface area contributed by atoms with Crippen LogP contribution in [0.3, 0.4) is 0 Å². The van der Waals surface area contributed by atoms with Gasteiger partial charge in [-0.15, -0.1) is 0 Å². The minimum Gasteiger partial charge on any atom is -0.342 e. The van der Waals surface area contributed by atoms with Crippen molar-refractivity contribution >= 4 is 11.6 Å². The molecule has 1 aliphatic carbocycles. The number of pyridine rings is 2. The molecule has 0 spiro atoms. The normalized spacial score (nSPS) is 20.5. The first-order chi connectivity index (χ1) is 12.8. The third-order valence-corrected chi connectivity index (χ3v) is 5.39. The van der Waals surface area contributed by atoms with Crippen LogP contribution >= 0.6 is 0 Å². The minimum atomic E-state index is 0.232. The molecule has 0 bridgehead atoms. The number of nitrogens with zero attached hydrogens (tertiary/aromatic N) is 5. The number of carbonyl (C=O) groups excluding carboxylic acids is 1. The Morgan fingerprint density at radius 2 is 1.88 bits per heavy atom. The Bertz CT molecular complexity index is 947. The van der Waals surface area contributed by atoms with E-state index in [9.17, 15) is 4.79 Å². The Balaban J connectivity index is 1.41. The monoisotopic (exact) mass is 347 g/mol. The van der Waals surface area contributed by atoms with E-state index in [4.69, 9.17) is 10.1 Å². The summed E-state index contributed by atoms with van der Waals surface area (Å²) in [4.78, 5) is 23.2. The molecule has 132 valence electrons. The molecule has 1 aliphatic heterocycles. The van der Waals surface area contributed by atoms with Crippen LogP contribution in [0.25, 0.3) is 16.8 Å². The second-order valence-electron chi connectivity index (χ2n) is 7.32. The van der Waals surface area contributed by atoms with Crippen molar-refractivity contribution < 1.29 is 4.79 Å².